The van der Waals surface area contributed by atoms with Crippen molar-refractivity contribution >= 4 is 52.9 Å². The molecule has 0 radical (unpaired) electrons. The maximum absolute atomic E-state index is 14.5. The highest BCUT2D eigenvalue weighted by molar-refractivity contribution is 7.99. The Morgan fingerprint density at radius 2 is 1.63 bits per heavy atom. The van der Waals surface area contributed by atoms with Gasteiger partial charge in [0.2, 0.25) is 0 Å². The van der Waals surface area contributed by atoms with Crippen molar-refractivity contribution in [2.75, 3.05) is 13.7 Å². The molecule has 0 spiro atoms. The van der Waals surface area contributed by atoms with Crippen molar-refractivity contribution < 1.29 is 46.8 Å². The van der Waals surface area contributed by atoms with E-state index in [4.69, 9.17) is 46.9 Å². The number of benzene rings is 2. The first-order valence-electron chi connectivity index (χ1n) is 12.6. The SMILES string of the molecule is COc1c(F)cc(-c2cn([C@@H]3[C@@H](OC(C)=O)[C@@H](Sc4ccc(Cl)c(Cl)c4)O[C@H](COC(C)=O)[C@@H]3OC(C)=O)nn2)cc1F. The van der Waals surface area contributed by atoms with Crippen molar-refractivity contribution in [2.24, 2.45) is 0 Å². The number of halogens is 4. The first-order valence-corrected chi connectivity index (χ1v) is 14.2. The fourth-order valence-corrected chi connectivity index (χ4v) is 5.93. The van der Waals surface area contributed by atoms with Crippen molar-refractivity contribution in [2.45, 2.75) is 55.5 Å². The second kappa shape index (κ2) is 13.9. The Hall–Kier alpha value is -3.46. The summed E-state index contributed by atoms with van der Waals surface area (Å²) in [6, 6.07) is 5.73. The number of carbonyl (C=O) groups excluding carboxylic acids is 3. The molecular weight excluding hydrogens is 635 g/mol. The lowest BCUT2D eigenvalue weighted by Gasteiger charge is -2.44. The van der Waals surface area contributed by atoms with E-state index in [-0.39, 0.29) is 22.9 Å². The number of thioether (sulfide) groups is 1. The number of nitrogens with zero attached hydrogens (tertiary/aromatic N) is 3. The van der Waals surface area contributed by atoms with Gasteiger partial charge in [-0.3, -0.25) is 14.4 Å². The molecule has 2 aromatic carbocycles. The van der Waals surface area contributed by atoms with Gasteiger partial charge in [0.15, 0.2) is 29.6 Å². The quantitative estimate of drug-likeness (QED) is 0.227. The molecule has 0 bridgehead atoms. The van der Waals surface area contributed by atoms with E-state index in [1.54, 1.807) is 18.2 Å². The fraction of sp³-hybridized carbons (Fsp3) is 0.370. The minimum Gasteiger partial charge on any atom is -0.491 e. The number of hydrogen-bond acceptors (Lipinski definition) is 11. The summed E-state index contributed by atoms with van der Waals surface area (Å²) in [4.78, 5) is 36.8. The molecule has 1 aliphatic rings. The third kappa shape index (κ3) is 7.74. The smallest absolute Gasteiger partial charge is 0.303 e. The Balaban J connectivity index is 1.82. The van der Waals surface area contributed by atoms with Crippen LogP contribution in [0.5, 0.6) is 5.75 Å². The summed E-state index contributed by atoms with van der Waals surface area (Å²) in [5, 5.41) is 8.75. The first kappa shape index (κ1) is 32.5. The number of ether oxygens (including phenoxy) is 5. The zero-order valence-electron chi connectivity index (χ0n) is 23.1. The summed E-state index contributed by atoms with van der Waals surface area (Å²) >= 11 is 13.4. The topological polar surface area (TPSA) is 128 Å². The van der Waals surface area contributed by atoms with Crippen LogP contribution in [0.25, 0.3) is 11.3 Å². The molecule has 0 unspecified atom stereocenters. The summed E-state index contributed by atoms with van der Waals surface area (Å²) in [6.45, 7) is 3.19. The fourth-order valence-electron chi connectivity index (χ4n) is 4.42. The Morgan fingerprint density at radius 3 is 2.21 bits per heavy atom. The monoisotopic (exact) mass is 659 g/mol. The van der Waals surface area contributed by atoms with E-state index in [9.17, 15) is 23.2 Å². The Morgan fingerprint density at radius 1 is 0.977 bits per heavy atom. The highest BCUT2D eigenvalue weighted by Crippen LogP contribution is 2.42. The number of esters is 3. The lowest BCUT2D eigenvalue weighted by Crippen LogP contribution is -2.57. The van der Waals surface area contributed by atoms with E-state index in [1.807, 2.05) is 0 Å². The molecule has 2 heterocycles. The summed E-state index contributed by atoms with van der Waals surface area (Å²) in [5.41, 5.74) is -0.928. The average Bonchev–Trinajstić information content (AvgIpc) is 3.40. The highest BCUT2D eigenvalue weighted by atomic mass is 35.5. The molecule has 0 amide bonds. The van der Waals surface area contributed by atoms with E-state index < -0.39 is 65.1 Å². The zero-order chi connectivity index (χ0) is 31.4. The predicted molar refractivity (Wildman–Crippen MR) is 150 cm³/mol. The van der Waals surface area contributed by atoms with Gasteiger partial charge in [-0.2, -0.15) is 0 Å². The average molecular weight is 660 g/mol. The van der Waals surface area contributed by atoms with Crippen LogP contribution >= 0.6 is 35.0 Å². The molecule has 0 N–H and O–H groups in total. The van der Waals surface area contributed by atoms with Crippen LogP contribution in [0, 0.1) is 11.6 Å². The van der Waals surface area contributed by atoms with E-state index in [0.717, 1.165) is 37.9 Å². The summed E-state index contributed by atoms with van der Waals surface area (Å²) < 4.78 is 57.6. The van der Waals surface area contributed by atoms with Crippen molar-refractivity contribution in [3.8, 4) is 17.0 Å². The van der Waals surface area contributed by atoms with Gasteiger partial charge in [-0.05, 0) is 30.3 Å². The van der Waals surface area contributed by atoms with Gasteiger partial charge in [0.1, 0.15) is 29.9 Å². The molecule has 0 aliphatic carbocycles. The van der Waals surface area contributed by atoms with Gasteiger partial charge in [0.05, 0.1) is 23.4 Å². The van der Waals surface area contributed by atoms with Crippen molar-refractivity contribution in [3.63, 3.8) is 0 Å². The van der Waals surface area contributed by atoms with E-state index in [1.165, 1.54) is 24.7 Å². The maximum Gasteiger partial charge on any atom is 0.303 e. The lowest BCUT2D eigenvalue weighted by atomic mass is 9.96. The third-order valence-electron chi connectivity index (χ3n) is 6.13. The van der Waals surface area contributed by atoms with Crippen molar-refractivity contribution in [1.82, 2.24) is 15.0 Å². The molecule has 16 heteroatoms. The van der Waals surface area contributed by atoms with Crippen molar-refractivity contribution in [1.29, 1.82) is 0 Å². The van der Waals surface area contributed by atoms with E-state index >= 15 is 0 Å². The molecule has 43 heavy (non-hydrogen) atoms. The second-order valence-corrected chi connectivity index (χ2v) is 11.2. The minimum absolute atomic E-state index is 0.0281. The second-order valence-electron chi connectivity index (χ2n) is 9.23. The Kier molecular flexibility index (Phi) is 10.5. The number of rotatable bonds is 9. The predicted octanol–water partition coefficient (Wildman–Crippen LogP) is 5.02. The van der Waals surface area contributed by atoms with E-state index in [0.29, 0.717) is 9.92 Å². The van der Waals surface area contributed by atoms with Crippen LogP contribution in [-0.4, -0.2) is 70.4 Å². The first-order chi connectivity index (χ1) is 20.4. The lowest BCUT2D eigenvalue weighted by molar-refractivity contribution is -0.212. The molecule has 230 valence electrons. The van der Waals surface area contributed by atoms with Gasteiger partial charge in [-0.1, -0.05) is 40.2 Å². The highest BCUT2D eigenvalue weighted by Gasteiger charge is 2.52. The molecule has 3 aromatic rings. The molecule has 1 fully saturated rings. The minimum atomic E-state index is -1.23. The Bertz CT molecular complexity index is 1500. The maximum atomic E-state index is 14.5. The molecular formula is C27H25Cl2F2N3O8S. The molecule has 1 saturated heterocycles. The molecule has 11 nitrogen and oxygen atoms in total. The van der Waals surface area contributed by atoms with Gasteiger partial charge >= 0.3 is 17.9 Å². The van der Waals surface area contributed by atoms with Gasteiger partial charge in [-0.15, -0.1) is 5.10 Å². The van der Waals surface area contributed by atoms with Crippen LogP contribution < -0.4 is 4.74 Å². The van der Waals surface area contributed by atoms with E-state index in [2.05, 4.69) is 10.3 Å². The normalized spacial score (nSPS) is 21.6. The summed E-state index contributed by atoms with van der Waals surface area (Å²) in [6.07, 6.45) is -2.15. The summed E-state index contributed by atoms with van der Waals surface area (Å²) in [7, 11) is 1.13. The molecule has 1 aliphatic heterocycles. The van der Waals surface area contributed by atoms with Crippen LogP contribution in [0.4, 0.5) is 8.78 Å². The number of methoxy groups -OCH3 is 1. The largest absolute Gasteiger partial charge is 0.491 e. The molecule has 1 aromatic heterocycles. The van der Waals surface area contributed by atoms with Crippen LogP contribution in [-0.2, 0) is 33.3 Å². The van der Waals surface area contributed by atoms with Gasteiger partial charge in [0, 0.05) is 31.2 Å². The van der Waals surface area contributed by atoms with Crippen LogP contribution in [0.3, 0.4) is 0 Å². The number of carbonyl (C=O) groups is 3. The van der Waals surface area contributed by atoms with Gasteiger partial charge < -0.3 is 23.7 Å². The Labute approximate surface area is 258 Å². The third-order valence-corrected chi connectivity index (χ3v) is 8.01. The number of aromatic nitrogens is 3. The van der Waals surface area contributed by atoms with Crippen LogP contribution in [0.15, 0.2) is 41.4 Å². The van der Waals surface area contributed by atoms with Crippen molar-refractivity contribution in [3.05, 3.63) is 58.2 Å². The molecule has 4 rings (SSSR count). The standard InChI is InChI=1S/C27H25Cl2F2N3O8S/c1-12(35)39-11-22-25(40-13(2)36)23(34-10-21(32-33-34)15-7-19(30)24(38-4)20(31)8-15)26(41-14(3)37)27(42-22)43-16-5-6-17(28)18(29)9-16/h5-10,22-23,25-27H,11H2,1-4H3/t22-,23+,25+,26-,27-/m1/s1. The van der Waals surface area contributed by atoms with Gasteiger partial charge in [0.25, 0.3) is 0 Å². The van der Waals surface area contributed by atoms with Gasteiger partial charge in [-0.25, -0.2) is 13.5 Å². The van der Waals surface area contributed by atoms with Crippen LogP contribution in [0.1, 0.15) is 26.8 Å². The molecule has 0 saturated carbocycles. The molecule has 5 atom stereocenters. The van der Waals surface area contributed by atoms with Crippen LogP contribution in [0.2, 0.25) is 10.0 Å². The zero-order valence-corrected chi connectivity index (χ0v) is 25.4. The number of hydrogen-bond donors (Lipinski definition) is 0. The summed E-state index contributed by atoms with van der Waals surface area (Å²) in [5.74, 6) is -4.53.